The molecule has 0 amide bonds. The molecule has 0 saturated heterocycles. The van der Waals surface area contributed by atoms with E-state index in [9.17, 15) is 9.18 Å². The van der Waals surface area contributed by atoms with Crippen LogP contribution in [0.1, 0.15) is 41.4 Å². The molecule has 0 aliphatic heterocycles. The summed E-state index contributed by atoms with van der Waals surface area (Å²) in [6, 6.07) is 10.3. The minimum atomic E-state index is -0.220. The Morgan fingerprint density at radius 1 is 1.24 bits per heavy atom. The van der Waals surface area contributed by atoms with Crippen LogP contribution in [0.25, 0.3) is 0 Å². The summed E-state index contributed by atoms with van der Waals surface area (Å²) >= 11 is 0. The molecule has 0 saturated carbocycles. The molecule has 0 aliphatic rings. The van der Waals surface area contributed by atoms with Crippen LogP contribution in [0.5, 0.6) is 0 Å². The number of anilines is 2. The number of nitrogens with two attached hydrogens (primary N) is 1. The van der Waals surface area contributed by atoms with Crippen LogP contribution in [0.3, 0.4) is 0 Å². The first-order chi connectivity index (χ1) is 9.88. The Hall–Kier alpha value is -2.36. The van der Waals surface area contributed by atoms with Gasteiger partial charge in [0.2, 0.25) is 0 Å². The van der Waals surface area contributed by atoms with Crippen LogP contribution < -0.4 is 11.1 Å². The van der Waals surface area contributed by atoms with Crippen molar-refractivity contribution in [2.75, 3.05) is 11.1 Å². The molecule has 3 N–H and O–H groups in total. The van der Waals surface area contributed by atoms with Crippen molar-refractivity contribution in [3.63, 3.8) is 0 Å². The van der Waals surface area contributed by atoms with Gasteiger partial charge in [-0.05, 0) is 56.2 Å². The van der Waals surface area contributed by atoms with E-state index in [1.165, 1.54) is 13.0 Å². The Morgan fingerprint density at radius 3 is 2.57 bits per heavy atom. The SMILES string of the molecule is CC(=O)c1cc(NC(C)c2ccc(C)c(F)c2)ccc1N. The Kier molecular flexibility index (Phi) is 4.26. The summed E-state index contributed by atoms with van der Waals surface area (Å²) in [7, 11) is 0. The maximum Gasteiger partial charge on any atom is 0.161 e. The van der Waals surface area contributed by atoms with Gasteiger partial charge in [0, 0.05) is 23.0 Å². The van der Waals surface area contributed by atoms with E-state index >= 15 is 0 Å². The number of carbonyl (C=O) groups is 1. The number of aryl methyl sites for hydroxylation is 1. The number of halogens is 1. The van der Waals surface area contributed by atoms with Gasteiger partial charge < -0.3 is 11.1 Å². The molecule has 2 aromatic carbocycles. The second kappa shape index (κ2) is 5.95. The number of nitrogen functional groups attached to an aromatic ring is 1. The number of benzene rings is 2. The molecule has 0 aliphatic carbocycles. The van der Waals surface area contributed by atoms with Gasteiger partial charge in [0.05, 0.1) is 0 Å². The highest BCUT2D eigenvalue weighted by Crippen LogP contribution is 2.24. The van der Waals surface area contributed by atoms with Gasteiger partial charge in [-0.2, -0.15) is 0 Å². The lowest BCUT2D eigenvalue weighted by molar-refractivity contribution is 0.101. The Morgan fingerprint density at radius 2 is 1.95 bits per heavy atom. The van der Waals surface area contributed by atoms with Crippen LogP contribution in [0.2, 0.25) is 0 Å². The van der Waals surface area contributed by atoms with E-state index in [2.05, 4.69) is 5.32 Å². The summed E-state index contributed by atoms with van der Waals surface area (Å²) in [6.45, 7) is 5.15. The summed E-state index contributed by atoms with van der Waals surface area (Å²) in [5.74, 6) is -0.298. The topological polar surface area (TPSA) is 55.1 Å². The molecule has 1 atom stereocenters. The monoisotopic (exact) mass is 286 g/mol. The summed E-state index contributed by atoms with van der Waals surface area (Å²) in [5.41, 5.74) is 8.97. The van der Waals surface area contributed by atoms with Crippen molar-refractivity contribution in [1.82, 2.24) is 0 Å². The van der Waals surface area contributed by atoms with E-state index in [-0.39, 0.29) is 17.6 Å². The fourth-order valence-electron chi connectivity index (χ4n) is 2.16. The number of carbonyl (C=O) groups excluding carboxylic acids is 1. The van der Waals surface area contributed by atoms with Crippen molar-refractivity contribution >= 4 is 17.2 Å². The van der Waals surface area contributed by atoms with Crippen molar-refractivity contribution in [2.45, 2.75) is 26.8 Å². The van der Waals surface area contributed by atoms with E-state index in [0.29, 0.717) is 16.8 Å². The molecule has 2 rings (SSSR count). The fraction of sp³-hybridized carbons (Fsp3) is 0.235. The highest BCUT2D eigenvalue weighted by Gasteiger charge is 2.10. The number of ketones is 1. The van der Waals surface area contributed by atoms with Gasteiger partial charge in [-0.3, -0.25) is 4.79 Å². The van der Waals surface area contributed by atoms with Gasteiger partial charge in [0.1, 0.15) is 5.82 Å². The van der Waals surface area contributed by atoms with E-state index in [1.54, 1.807) is 25.1 Å². The van der Waals surface area contributed by atoms with Crippen LogP contribution in [-0.4, -0.2) is 5.78 Å². The van der Waals surface area contributed by atoms with Gasteiger partial charge >= 0.3 is 0 Å². The molecule has 0 spiro atoms. The minimum Gasteiger partial charge on any atom is -0.398 e. The number of hydrogen-bond donors (Lipinski definition) is 2. The summed E-state index contributed by atoms with van der Waals surface area (Å²) in [4.78, 5) is 11.5. The van der Waals surface area contributed by atoms with Crippen LogP contribution in [0.4, 0.5) is 15.8 Å². The summed E-state index contributed by atoms with van der Waals surface area (Å²) in [5, 5.41) is 3.25. The summed E-state index contributed by atoms with van der Waals surface area (Å²) < 4.78 is 13.6. The smallest absolute Gasteiger partial charge is 0.161 e. The predicted molar refractivity (Wildman–Crippen MR) is 84.0 cm³/mol. The lowest BCUT2D eigenvalue weighted by Gasteiger charge is -2.17. The van der Waals surface area contributed by atoms with Crippen molar-refractivity contribution in [2.24, 2.45) is 0 Å². The van der Waals surface area contributed by atoms with Crippen LogP contribution in [0, 0.1) is 12.7 Å². The Bertz CT molecular complexity index is 682. The molecule has 4 heteroatoms. The Labute approximate surface area is 124 Å². The van der Waals surface area contributed by atoms with Gasteiger partial charge in [0.25, 0.3) is 0 Å². The number of hydrogen-bond acceptors (Lipinski definition) is 3. The standard InChI is InChI=1S/C17H19FN2O/c1-10-4-5-13(8-16(10)18)11(2)20-14-6-7-17(19)15(9-14)12(3)21/h4-9,11,20H,19H2,1-3H3. The molecular formula is C17H19FN2O. The number of Topliss-reactive ketones (excluding diaryl/α,β-unsaturated/α-hetero) is 1. The van der Waals surface area contributed by atoms with Gasteiger partial charge in [0.15, 0.2) is 5.78 Å². The Balaban J connectivity index is 2.23. The molecule has 0 radical (unpaired) electrons. The average Bonchev–Trinajstić information content (AvgIpc) is 2.43. The van der Waals surface area contributed by atoms with E-state index in [1.807, 2.05) is 19.1 Å². The zero-order valence-electron chi connectivity index (χ0n) is 12.4. The molecule has 110 valence electrons. The normalized spacial score (nSPS) is 12.0. The maximum absolute atomic E-state index is 13.6. The third-order valence-corrected chi connectivity index (χ3v) is 3.51. The van der Waals surface area contributed by atoms with Crippen molar-refractivity contribution in [3.05, 3.63) is 58.9 Å². The highest BCUT2D eigenvalue weighted by molar-refractivity contribution is 6.00. The molecule has 21 heavy (non-hydrogen) atoms. The van der Waals surface area contributed by atoms with E-state index < -0.39 is 0 Å². The third kappa shape index (κ3) is 3.40. The first kappa shape index (κ1) is 15.0. The average molecular weight is 286 g/mol. The molecule has 2 aromatic rings. The fourth-order valence-corrected chi connectivity index (χ4v) is 2.16. The molecule has 0 fully saturated rings. The molecule has 0 aromatic heterocycles. The second-order valence-electron chi connectivity index (χ2n) is 5.23. The van der Waals surface area contributed by atoms with Gasteiger partial charge in [-0.1, -0.05) is 12.1 Å². The largest absolute Gasteiger partial charge is 0.398 e. The molecule has 3 nitrogen and oxygen atoms in total. The maximum atomic E-state index is 13.6. The number of rotatable bonds is 4. The zero-order chi connectivity index (χ0) is 15.6. The minimum absolute atomic E-state index is 0.0785. The molecule has 0 bridgehead atoms. The summed E-state index contributed by atoms with van der Waals surface area (Å²) in [6.07, 6.45) is 0. The van der Waals surface area contributed by atoms with E-state index in [4.69, 9.17) is 5.73 Å². The molecule has 1 unspecified atom stereocenters. The number of nitrogens with one attached hydrogen (secondary N) is 1. The highest BCUT2D eigenvalue weighted by atomic mass is 19.1. The van der Waals surface area contributed by atoms with Crippen molar-refractivity contribution < 1.29 is 9.18 Å². The molecular weight excluding hydrogens is 267 g/mol. The van der Waals surface area contributed by atoms with Crippen LogP contribution in [0.15, 0.2) is 36.4 Å². The second-order valence-corrected chi connectivity index (χ2v) is 5.23. The quantitative estimate of drug-likeness (QED) is 0.657. The zero-order valence-corrected chi connectivity index (χ0v) is 12.4. The van der Waals surface area contributed by atoms with Crippen molar-refractivity contribution in [1.29, 1.82) is 0 Å². The first-order valence-electron chi connectivity index (χ1n) is 6.81. The van der Waals surface area contributed by atoms with Crippen LogP contribution >= 0.6 is 0 Å². The first-order valence-corrected chi connectivity index (χ1v) is 6.81. The predicted octanol–water partition coefficient (Wildman–Crippen LogP) is 4.09. The molecule has 0 heterocycles. The van der Waals surface area contributed by atoms with Crippen molar-refractivity contribution in [3.8, 4) is 0 Å². The lowest BCUT2D eigenvalue weighted by atomic mass is 10.0. The van der Waals surface area contributed by atoms with Gasteiger partial charge in [-0.25, -0.2) is 4.39 Å². The van der Waals surface area contributed by atoms with Crippen LogP contribution in [-0.2, 0) is 0 Å². The van der Waals surface area contributed by atoms with E-state index in [0.717, 1.165) is 11.3 Å². The third-order valence-electron chi connectivity index (χ3n) is 3.51. The lowest BCUT2D eigenvalue weighted by Crippen LogP contribution is -2.08. The van der Waals surface area contributed by atoms with Gasteiger partial charge in [-0.15, -0.1) is 0 Å².